The number of rotatable bonds is 5. The number of halogens is 1. The summed E-state index contributed by atoms with van der Waals surface area (Å²) in [5.41, 5.74) is 2.97. The average molecular weight is 444 g/mol. The Bertz CT molecular complexity index is 1260. The Morgan fingerprint density at radius 2 is 1.66 bits per heavy atom. The summed E-state index contributed by atoms with van der Waals surface area (Å²) in [5.74, 6) is -0.0670. The molecule has 7 heteroatoms. The third-order valence-corrected chi connectivity index (χ3v) is 6.33. The number of amides is 1. The molecule has 2 heterocycles. The first-order valence-corrected chi connectivity index (χ1v) is 11.1. The molecule has 2 aliphatic rings. The van der Waals surface area contributed by atoms with Crippen LogP contribution in [0, 0.1) is 5.82 Å². The first-order chi connectivity index (χ1) is 15.6. The van der Waals surface area contributed by atoms with E-state index >= 15 is 0 Å². The Balaban J connectivity index is 1.45. The van der Waals surface area contributed by atoms with Crippen LogP contribution in [0.3, 0.4) is 0 Å². The summed E-state index contributed by atoms with van der Waals surface area (Å²) in [7, 11) is 0. The Kier molecular flexibility index (Phi) is 5.41. The van der Waals surface area contributed by atoms with E-state index in [0.29, 0.717) is 28.7 Å². The van der Waals surface area contributed by atoms with Crippen molar-refractivity contribution in [1.82, 2.24) is 4.90 Å². The zero-order chi connectivity index (χ0) is 22.1. The monoisotopic (exact) mass is 443 g/mol. The van der Waals surface area contributed by atoms with Gasteiger partial charge in [-0.1, -0.05) is 54.2 Å². The summed E-state index contributed by atoms with van der Waals surface area (Å²) >= 11 is 1.26. The third-order valence-electron chi connectivity index (χ3n) is 5.38. The highest BCUT2D eigenvalue weighted by molar-refractivity contribution is 8.14. The number of amidine groups is 2. The lowest BCUT2D eigenvalue weighted by Gasteiger charge is -2.31. The Labute approximate surface area is 188 Å². The van der Waals surface area contributed by atoms with Gasteiger partial charge in [0.2, 0.25) is 0 Å². The standard InChI is InChI=1S/C25H18FN3O2S/c26-18-12-10-17(11-13-18)22(30)15-32-25-27-20-9-5-4-8-19(20)23-28-24(31)21(29(23)25)14-16-6-2-1-3-7-16/h1-13,21H,14-15H2. The normalized spacial score (nSPS) is 16.8. The number of hydrogen-bond donors (Lipinski definition) is 0. The molecule has 0 saturated carbocycles. The number of benzene rings is 3. The predicted molar refractivity (Wildman–Crippen MR) is 124 cm³/mol. The largest absolute Gasteiger partial charge is 0.293 e. The molecule has 1 atom stereocenters. The van der Waals surface area contributed by atoms with Crippen LogP contribution >= 0.6 is 11.8 Å². The van der Waals surface area contributed by atoms with Crippen LogP contribution in [0.25, 0.3) is 0 Å². The van der Waals surface area contributed by atoms with Crippen molar-refractivity contribution in [3.8, 4) is 0 Å². The van der Waals surface area contributed by atoms with Gasteiger partial charge in [-0.2, -0.15) is 4.99 Å². The topological polar surface area (TPSA) is 62.1 Å². The van der Waals surface area contributed by atoms with E-state index in [0.717, 1.165) is 11.1 Å². The molecule has 1 amide bonds. The number of carbonyl (C=O) groups is 2. The van der Waals surface area contributed by atoms with Gasteiger partial charge in [0.15, 0.2) is 11.0 Å². The van der Waals surface area contributed by atoms with Crippen LogP contribution in [0.5, 0.6) is 0 Å². The van der Waals surface area contributed by atoms with Crippen LogP contribution < -0.4 is 0 Å². The van der Waals surface area contributed by atoms with Crippen molar-refractivity contribution >= 4 is 40.1 Å². The van der Waals surface area contributed by atoms with Gasteiger partial charge in [-0.3, -0.25) is 14.5 Å². The first kappa shape index (κ1) is 20.3. The second kappa shape index (κ2) is 8.51. The maximum atomic E-state index is 13.2. The van der Waals surface area contributed by atoms with Crippen LogP contribution in [-0.2, 0) is 11.2 Å². The smallest absolute Gasteiger partial charge is 0.271 e. The van der Waals surface area contributed by atoms with E-state index in [2.05, 4.69) is 4.99 Å². The van der Waals surface area contributed by atoms with Crippen LogP contribution in [0.1, 0.15) is 21.5 Å². The number of para-hydroxylation sites is 1. The van der Waals surface area contributed by atoms with Crippen LogP contribution in [-0.4, -0.2) is 39.4 Å². The molecule has 3 aromatic rings. The molecule has 5 nitrogen and oxygen atoms in total. The SMILES string of the molecule is O=C(CSC1=Nc2ccccc2C2=NC(=O)C(Cc3ccccc3)N12)c1ccc(F)cc1. The van der Waals surface area contributed by atoms with Crippen molar-refractivity contribution in [1.29, 1.82) is 0 Å². The van der Waals surface area contributed by atoms with Crippen molar-refractivity contribution in [3.63, 3.8) is 0 Å². The summed E-state index contributed by atoms with van der Waals surface area (Å²) in [6.45, 7) is 0. The molecule has 2 aliphatic heterocycles. The third kappa shape index (κ3) is 3.87. The van der Waals surface area contributed by atoms with Crippen molar-refractivity contribution < 1.29 is 14.0 Å². The van der Waals surface area contributed by atoms with Gasteiger partial charge >= 0.3 is 0 Å². The summed E-state index contributed by atoms with van der Waals surface area (Å²) < 4.78 is 13.2. The molecule has 0 radical (unpaired) electrons. The molecule has 0 fully saturated rings. The molecule has 1 unspecified atom stereocenters. The van der Waals surface area contributed by atoms with Crippen molar-refractivity contribution in [2.24, 2.45) is 9.98 Å². The number of fused-ring (bicyclic) bond motifs is 3. The predicted octanol–water partition coefficient (Wildman–Crippen LogP) is 4.64. The highest BCUT2D eigenvalue weighted by Crippen LogP contribution is 2.35. The summed E-state index contributed by atoms with van der Waals surface area (Å²) in [5, 5.41) is 0.560. The number of carbonyl (C=O) groups excluding carboxylic acids is 2. The number of nitrogens with zero attached hydrogens (tertiary/aromatic N) is 3. The average Bonchev–Trinajstić information content (AvgIpc) is 3.14. The zero-order valence-electron chi connectivity index (χ0n) is 16.9. The minimum absolute atomic E-state index is 0.114. The lowest BCUT2D eigenvalue weighted by atomic mass is 10.0. The van der Waals surface area contributed by atoms with Crippen molar-refractivity contribution in [3.05, 3.63) is 101 Å². The fourth-order valence-electron chi connectivity index (χ4n) is 3.79. The van der Waals surface area contributed by atoms with Crippen molar-refractivity contribution in [2.75, 3.05) is 5.75 Å². The van der Waals surface area contributed by atoms with E-state index < -0.39 is 6.04 Å². The Morgan fingerprint density at radius 1 is 0.938 bits per heavy atom. The molecule has 0 spiro atoms. The second-order valence-electron chi connectivity index (χ2n) is 7.48. The maximum Gasteiger partial charge on any atom is 0.271 e. The lowest BCUT2D eigenvalue weighted by Crippen LogP contribution is -2.44. The maximum absolute atomic E-state index is 13.2. The molecule has 0 bridgehead atoms. The van der Waals surface area contributed by atoms with E-state index in [4.69, 9.17) is 4.99 Å². The number of Topliss-reactive ketones (excluding diaryl/α,β-unsaturated/α-hetero) is 1. The van der Waals surface area contributed by atoms with Gasteiger partial charge in [-0.15, -0.1) is 0 Å². The molecular weight excluding hydrogens is 425 g/mol. The first-order valence-electron chi connectivity index (χ1n) is 10.2. The number of aliphatic imine (C=N–C) groups is 2. The van der Waals surface area contributed by atoms with Crippen molar-refractivity contribution in [2.45, 2.75) is 12.5 Å². The number of hydrogen-bond acceptors (Lipinski definition) is 5. The van der Waals surface area contributed by atoms with Gasteiger partial charge in [0.25, 0.3) is 5.91 Å². The Morgan fingerprint density at radius 3 is 2.44 bits per heavy atom. The summed E-state index contributed by atoms with van der Waals surface area (Å²) in [6, 6.07) is 22.3. The van der Waals surface area contributed by atoms with Gasteiger partial charge in [0, 0.05) is 17.5 Å². The van der Waals surface area contributed by atoms with Gasteiger partial charge in [-0.25, -0.2) is 9.38 Å². The van der Waals surface area contributed by atoms with E-state index in [1.165, 1.54) is 36.0 Å². The van der Waals surface area contributed by atoms with Gasteiger partial charge in [0.05, 0.1) is 11.4 Å². The van der Waals surface area contributed by atoms with E-state index in [1.807, 2.05) is 59.5 Å². The highest BCUT2D eigenvalue weighted by atomic mass is 32.2. The van der Waals surface area contributed by atoms with Crippen LogP contribution in [0.4, 0.5) is 10.1 Å². The van der Waals surface area contributed by atoms with Gasteiger partial charge < -0.3 is 0 Å². The quantitative estimate of drug-likeness (QED) is 0.539. The molecule has 0 N–H and O–H groups in total. The zero-order valence-corrected chi connectivity index (χ0v) is 17.8. The van der Waals surface area contributed by atoms with Gasteiger partial charge in [0.1, 0.15) is 17.7 Å². The lowest BCUT2D eigenvalue weighted by molar-refractivity contribution is -0.119. The fourth-order valence-corrected chi connectivity index (χ4v) is 4.73. The van der Waals surface area contributed by atoms with Crippen LogP contribution in [0.15, 0.2) is 88.8 Å². The fraction of sp³-hybridized carbons (Fsp3) is 0.120. The Hall–Kier alpha value is -3.58. The summed E-state index contributed by atoms with van der Waals surface area (Å²) in [6.07, 6.45) is 0.486. The van der Waals surface area contributed by atoms with Gasteiger partial charge in [-0.05, 0) is 42.0 Å². The summed E-state index contributed by atoms with van der Waals surface area (Å²) in [4.78, 5) is 36.5. The minimum Gasteiger partial charge on any atom is -0.293 e. The second-order valence-corrected chi connectivity index (χ2v) is 8.42. The van der Waals surface area contributed by atoms with E-state index in [9.17, 15) is 14.0 Å². The van der Waals surface area contributed by atoms with Crippen LogP contribution in [0.2, 0.25) is 0 Å². The van der Waals surface area contributed by atoms with E-state index in [1.54, 1.807) is 0 Å². The number of thioether (sulfide) groups is 1. The molecule has 3 aromatic carbocycles. The molecular formula is C25H18FN3O2S. The molecule has 158 valence electrons. The number of ketones is 1. The minimum atomic E-state index is -0.520. The molecule has 0 saturated heterocycles. The highest BCUT2D eigenvalue weighted by Gasteiger charge is 2.41. The molecule has 0 aliphatic carbocycles. The molecule has 0 aromatic heterocycles. The molecule has 5 rings (SSSR count). The van der Waals surface area contributed by atoms with E-state index in [-0.39, 0.29) is 23.3 Å². The molecule has 32 heavy (non-hydrogen) atoms.